The highest BCUT2D eigenvalue weighted by Crippen LogP contribution is 2.45. The van der Waals surface area contributed by atoms with Crippen LogP contribution in [0.1, 0.15) is 33.5 Å². The molecule has 1 aliphatic carbocycles. The van der Waals surface area contributed by atoms with E-state index >= 15 is 0 Å². The second kappa shape index (κ2) is 9.52. The van der Waals surface area contributed by atoms with E-state index in [1.165, 1.54) is 12.0 Å². The van der Waals surface area contributed by atoms with Gasteiger partial charge >= 0.3 is 0 Å². The van der Waals surface area contributed by atoms with E-state index in [0.29, 0.717) is 41.0 Å². The van der Waals surface area contributed by atoms with Crippen LogP contribution in [0.3, 0.4) is 0 Å². The number of aliphatic imine (C=N–C) groups is 1. The fraction of sp³-hybridized carbons (Fsp3) is 0.333. The SMILES string of the molecule is O=C(NCC1=Nc2ccccc2C1)c1cnc(N2CC3CC3C2)nc1NCc1ccc(CO)c(Cl)c1. The summed E-state index contributed by atoms with van der Waals surface area (Å²) < 4.78 is 0. The number of amides is 1. The molecule has 3 aromatic rings. The van der Waals surface area contributed by atoms with Crippen molar-refractivity contribution in [3.63, 3.8) is 0 Å². The molecule has 1 saturated carbocycles. The van der Waals surface area contributed by atoms with Gasteiger partial charge in [-0.2, -0.15) is 4.98 Å². The molecule has 2 aromatic carbocycles. The molecule has 184 valence electrons. The van der Waals surface area contributed by atoms with E-state index in [0.717, 1.165) is 48.3 Å². The quantitative estimate of drug-likeness (QED) is 0.433. The third-order valence-corrected chi connectivity index (χ3v) is 7.50. The fourth-order valence-corrected chi connectivity index (χ4v) is 5.24. The molecule has 8 nitrogen and oxygen atoms in total. The average Bonchev–Trinajstić information content (AvgIpc) is 3.30. The van der Waals surface area contributed by atoms with Crippen LogP contribution in [0.4, 0.5) is 17.5 Å². The summed E-state index contributed by atoms with van der Waals surface area (Å²) >= 11 is 6.26. The molecule has 3 heterocycles. The van der Waals surface area contributed by atoms with Crippen molar-refractivity contribution in [1.82, 2.24) is 15.3 Å². The number of nitrogens with one attached hydrogen (secondary N) is 2. The molecule has 1 aromatic heterocycles. The Morgan fingerprint density at radius 3 is 2.75 bits per heavy atom. The van der Waals surface area contributed by atoms with Crippen molar-refractivity contribution in [2.75, 3.05) is 29.9 Å². The number of nitrogens with zero attached hydrogens (tertiary/aromatic N) is 4. The lowest BCUT2D eigenvalue weighted by atomic mass is 10.1. The fourth-order valence-electron chi connectivity index (χ4n) is 4.98. The first-order valence-corrected chi connectivity index (χ1v) is 12.6. The Labute approximate surface area is 214 Å². The van der Waals surface area contributed by atoms with Crippen LogP contribution in [-0.2, 0) is 19.6 Å². The highest BCUT2D eigenvalue weighted by atomic mass is 35.5. The number of rotatable bonds is 8. The van der Waals surface area contributed by atoms with E-state index in [-0.39, 0.29) is 12.5 Å². The molecule has 1 saturated heterocycles. The number of benzene rings is 2. The molecular weight excluding hydrogens is 476 g/mol. The van der Waals surface area contributed by atoms with E-state index in [1.807, 2.05) is 30.3 Å². The average molecular weight is 503 g/mol. The minimum Gasteiger partial charge on any atom is -0.392 e. The predicted molar refractivity (Wildman–Crippen MR) is 140 cm³/mol. The highest BCUT2D eigenvalue weighted by Gasteiger charge is 2.46. The predicted octanol–water partition coefficient (Wildman–Crippen LogP) is 3.75. The Kier molecular flexibility index (Phi) is 6.07. The zero-order chi connectivity index (χ0) is 24.6. The summed E-state index contributed by atoms with van der Waals surface area (Å²) in [5.41, 5.74) is 5.04. The molecule has 1 amide bonds. The third-order valence-electron chi connectivity index (χ3n) is 7.15. The molecule has 0 bridgehead atoms. The second-order valence-electron chi connectivity index (χ2n) is 9.70. The minimum absolute atomic E-state index is 0.111. The lowest BCUT2D eigenvalue weighted by Crippen LogP contribution is -2.31. The first-order valence-electron chi connectivity index (χ1n) is 12.2. The van der Waals surface area contributed by atoms with Crippen LogP contribution in [0.2, 0.25) is 5.02 Å². The van der Waals surface area contributed by atoms with Gasteiger partial charge in [-0.3, -0.25) is 9.79 Å². The molecule has 36 heavy (non-hydrogen) atoms. The van der Waals surface area contributed by atoms with Crippen LogP contribution in [0, 0.1) is 11.8 Å². The summed E-state index contributed by atoms with van der Waals surface area (Å²) in [4.78, 5) is 29.3. The summed E-state index contributed by atoms with van der Waals surface area (Å²) in [6.45, 7) is 2.61. The van der Waals surface area contributed by atoms with Gasteiger partial charge in [0.2, 0.25) is 5.95 Å². The molecule has 2 unspecified atom stereocenters. The summed E-state index contributed by atoms with van der Waals surface area (Å²) in [6, 6.07) is 13.5. The number of anilines is 2. The first-order chi connectivity index (χ1) is 17.6. The Balaban J connectivity index is 1.19. The van der Waals surface area contributed by atoms with E-state index in [1.54, 1.807) is 12.3 Å². The van der Waals surface area contributed by atoms with Crippen molar-refractivity contribution in [1.29, 1.82) is 0 Å². The van der Waals surface area contributed by atoms with Crippen molar-refractivity contribution in [3.8, 4) is 0 Å². The molecule has 2 atom stereocenters. The summed E-state index contributed by atoms with van der Waals surface area (Å²) in [6.07, 6.45) is 3.64. The molecule has 3 aliphatic rings. The van der Waals surface area contributed by atoms with Crippen molar-refractivity contribution < 1.29 is 9.90 Å². The molecule has 6 rings (SSSR count). The van der Waals surface area contributed by atoms with Gasteiger partial charge in [0.05, 0.1) is 18.8 Å². The van der Waals surface area contributed by atoms with Gasteiger partial charge in [-0.05, 0) is 47.1 Å². The maximum atomic E-state index is 13.2. The summed E-state index contributed by atoms with van der Waals surface area (Å²) in [5.74, 6) is 2.37. The number of aliphatic hydroxyl groups is 1. The Morgan fingerprint density at radius 2 is 1.97 bits per heavy atom. The van der Waals surface area contributed by atoms with E-state index in [4.69, 9.17) is 16.6 Å². The van der Waals surface area contributed by atoms with Crippen LogP contribution >= 0.6 is 11.6 Å². The standard InChI is InChI=1S/C27H27ClN6O2/c28-23-7-16(5-6-18(23)15-35)10-29-25-22(12-31-27(33-25)34-13-19-8-20(19)14-34)26(36)30-11-21-9-17-3-1-2-4-24(17)32-21/h1-7,12,19-20,35H,8-11,13-15H2,(H,30,36)(H,29,31,33). The Hall–Kier alpha value is -3.49. The number of hydrogen-bond acceptors (Lipinski definition) is 7. The molecular formula is C27H27ClN6O2. The maximum absolute atomic E-state index is 13.2. The van der Waals surface area contributed by atoms with Gasteiger partial charge in [-0.1, -0.05) is 41.9 Å². The number of carbonyl (C=O) groups is 1. The van der Waals surface area contributed by atoms with Gasteiger partial charge in [0.1, 0.15) is 11.4 Å². The number of hydrogen-bond donors (Lipinski definition) is 3. The van der Waals surface area contributed by atoms with Gasteiger partial charge in [0.25, 0.3) is 5.91 Å². The lowest BCUT2D eigenvalue weighted by molar-refractivity contribution is 0.0959. The van der Waals surface area contributed by atoms with Crippen LogP contribution in [0.25, 0.3) is 0 Å². The molecule has 2 aliphatic heterocycles. The van der Waals surface area contributed by atoms with Gasteiger partial charge in [-0.15, -0.1) is 0 Å². The minimum atomic E-state index is -0.249. The van der Waals surface area contributed by atoms with Crippen molar-refractivity contribution >= 4 is 40.7 Å². The van der Waals surface area contributed by atoms with Crippen LogP contribution < -0.4 is 15.5 Å². The zero-order valence-electron chi connectivity index (χ0n) is 19.7. The summed E-state index contributed by atoms with van der Waals surface area (Å²) in [7, 11) is 0. The van der Waals surface area contributed by atoms with Crippen LogP contribution in [-0.4, -0.2) is 46.3 Å². The van der Waals surface area contributed by atoms with Gasteiger partial charge < -0.3 is 20.6 Å². The molecule has 0 spiro atoms. The Morgan fingerprint density at radius 1 is 1.14 bits per heavy atom. The number of aromatic nitrogens is 2. The summed E-state index contributed by atoms with van der Waals surface area (Å²) in [5, 5.41) is 16.2. The second-order valence-corrected chi connectivity index (χ2v) is 10.1. The van der Waals surface area contributed by atoms with Crippen LogP contribution in [0.5, 0.6) is 0 Å². The van der Waals surface area contributed by atoms with Gasteiger partial charge in [-0.25, -0.2) is 4.98 Å². The molecule has 2 fully saturated rings. The first kappa shape index (κ1) is 22.9. The smallest absolute Gasteiger partial charge is 0.256 e. The van der Waals surface area contributed by atoms with Crippen molar-refractivity contribution in [2.45, 2.75) is 26.0 Å². The Bertz CT molecular complexity index is 1350. The van der Waals surface area contributed by atoms with E-state index in [9.17, 15) is 9.90 Å². The lowest BCUT2D eigenvalue weighted by Gasteiger charge is -2.20. The number of para-hydroxylation sites is 1. The van der Waals surface area contributed by atoms with Gasteiger partial charge in [0, 0.05) is 43.0 Å². The number of halogens is 1. The topological polar surface area (TPSA) is 103 Å². The number of carbonyl (C=O) groups excluding carboxylic acids is 1. The molecule has 0 radical (unpaired) electrons. The normalized spacial score (nSPS) is 19.5. The number of piperidine rings is 1. The number of fused-ring (bicyclic) bond motifs is 2. The van der Waals surface area contributed by atoms with E-state index < -0.39 is 0 Å². The van der Waals surface area contributed by atoms with Gasteiger partial charge in [0.15, 0.2) is 0 Å². The number of aliphatic hydroxyl groups excluding tert-OH is 1. The van der Waals surface area contributed by atoms with Crippen LogP contribution in [0.15, 0.2) is 53.7 Å². The zero-order valence-corrected chi connectivity index (χ0v) is 20.5. The highest BCUT2D eigenvalue weighted by molar-refractivity contribution is 6.31. The third kappa shape index (κ3) is 4.66. The van der Waals surface area contributed by atoms with Crippen molar-refractivity contribution in [2.24, 2.45) is 16.8 Å². The largest absolute Gasteiger partial charge is 0.392 e. The van der Waals surface area contributed by atoms with Crippen molar-refractivity contribution in [3.05, 3.63) is 75.9 Å². The molecule has 3 N–H and O–H groups in total. The molecule has 9 heteroatoms. The van der Waals surface area contributed by atoms with E-state index in [2.05, 4.69) is 31.6 Å². The maximum Gasteiger partial charge on any atom is 0.256 e. The monoisotopic (exact) mass is 502 g/mol.